The number of rotatable bonds is 1. The van der Waals surface area contributed by atoms with Gasteiger partial charge in [0, 0.05) is 0 Å². The van der Waals surface area contributed by atoms with Gasteiger partial charge in [0.15, 0.2) is 0 Å². The summed E-state index contributed by atoms with van der Waals surface area (Å²) in [5.74, 6) is 1.98. The summed E-state index contributed by atoms with van der Waals surface area (Å²) in [6.07, 6.45) is 4.48. The predicted octanol–water partition coefficient (Wildman–Crippen LogP) is 2.56. The summed E-state index contributed by atoms with van der Waals surface area (Å²) in [5.41, 5.74) is 1.38. The maximum atomic E-state index is 6.26. The molecule has 0 atom stereocenters. The molecule has 2 aliphatic rings. The zero-order valence-corrected chi connectivity index (χ0v) is 11.5. The van der Waals surface area contributed by atoms with Gasteiger partial charge in [-0.3, -0.25) is 0 Å². The van der Waals surface area contributed by atoms with E-state index in [1.165, 1.54) is 5.56 Å². The lowest BCUT2D eigenvalue weighted by molar-refractivity contribution is 0.0169. The van der Waals surface area contributed by atoms with Crippen molar-refractivity contribution in [2.45, 2.75) is 31.3 Å². The Kier molecular flexibility index (Phi) is 4.03. The molecule has 100 valence electrons. The molecule has 3 nitrogen and oxygen atoms in total. The molecule has 1 N–H and O–H groups in total. The molecular formula is C14H20ClNO2. The first-order chi connectivity index (χ1) is 8.31. The molecular weight excluding hydrogens is 250 g/mol. The van der Waals surface area contributed by atoms with Gasteiger partial charge in [0.1, 0.15) is 17.1 Å². The van der Waals surface area contributed by atoms with Gasteiger partial charge in [-0.15, -0.1) is 12.4 Å². The lowest BCUT2D eigenvalue weighted by atomic mass is 9.84. The van der Waals surface area contributed by atoms with Crippen molar-refractivity contribution in [2.75, 3.05) is 20.2 Å². The van der Waals surface area contributed by atoms with Gasteiger partial charge in [0.2, 0.25) is 0 Å². The molecule has 0 amide bonds. The van der Waals surface area contributed by atoms with E-state index in [4.69, 9.17) is 9.47 Å². The summed E-state index contributed by atoms with van der Waals surface area (Å²) >= 11 is 0. The van der Waals surface area contributed by atoms with Crippen LogP contribution < -0.4 is 14.8 Å². The number of piperidine rings is 1. The van der Waals surface area contributed by atoms with E-state index >= 15 is 0 Å². The van der Waals surface area contributed by atoms with E-state index in [2.05, 4.69) is 17.4 Å². The van der Waals surface area contributed by atoms with Crippen molar-refractivity contribution in [2.24, 2.45) is 0 Å². The number of ether oxygens (including phenoxy) is 2. The second kappa shape index (κ2) is 5.37. The Hall–Kier alpha value is -0.930. The Bertz CT molecular complexity index is 416. The summed E-state index contributed by atoms with van der Waals surface area (Å²) in [7, 11) is 1.71. The summed E-state index contributed by atoms with van der Waals surface area (Å²) < 4.78 is 11.5. The molecule has 2 aliphatic heterocycles. The lowest BCUT2D eigenvalue weighted by Gasteiger charge is -2.41. The zero-order chi connectivity index (χ0) is 11.7. The lowest BCUT2D eigenvalue weighted by Crippen LogP contribution is -2.48. The summed E-state index contributed by atoms with van der Waals surface area (Å²) in [5, 5.41) is 3.40. The van der Waals surface area contributed by atoms with Crippen LogP contribution in [-0.4, -0.2) is 25.8 Å². The molecule has 4 heteroatoms. The topological polar surface area (TPSA) is 30.5 Å². The molecule has 1 aromatic carbocycles. The number of nitrogens with one attached hydrogen (secondary N) is 1. The normalized spacial score (nSPS) is 20.5. The third kappa shape index (κ3) is 2.43. The fourth-order valence-corrected chi connectivity index (χ4v) is 2.86. The van der Waals surface area contributed by atoms with E-state index < -0.39 is 0 Å². The summed E-state index contributed by atoms with van der Waals surface area (Å²) in [6.45, 7) is 2.15. The van der Waals surface area contributed by atoms with Gasteiger partial charge < -0.3 is 14.8 Å². The van der Waals surface area contributed by atoms with Crippen molar-refractivity contribution in [3.8, 4) is 11.5 Å². The van der Waals surface area contributed by atoms with Crippen LogP contribution in [0, 0.1) is 0 Å². The number of methoxy groups -OCH3 is 1. The molecule has 0 aliphatic carbocycles. The van der Waals surface area contributed by atoms with Crippen molar-refractivity contribution >= 4 is 12.4 Å². The summed E-state index contributed by atoms with van der Waals surface area (Å²) in [6, 6.07) is 6.14. The predicted molar refractivity (Wildman–Crippen MR) is 74.0 cm³/mol. The van der Waals surface area contributed by atoms with Gasteiger partial charge in [-0.05, 0) is 62.5 Å². The highest BCUT2D eigenvalue weighted by Crippen LogP contribution is 2.39. The van der Waals surface area contributed by atoms with Gasteiger partial charge in [0.25, 0.3) is 0 Å². The fourth-order valence-electron chi connectivity index (χ4n) is 2.86. The third-order valence-corrected chi connectivity index (χ3v) is 3.96. The van der Waals surface area contributed by atoms with Gasteiger partial charge in [0.05, 0.1) is 7.11 Å². The Labute approximate surface area is 114 Å². The first kappa shape index (κ1) is 13.5. The van der Waals surface area contributed by atoms with Crippen LogP contribution in [0.3, 0.4) is 0 Å². The molecule has 18 heavy (non-hydrogen) atoms. The number of benzene rings is 1. The smallest absolute Gasteiger partial charge is 0.123 e. The maximum Gasteiger partial charge on any atom is 0.123 e. The first-order valence-corrected chi connectivity index (χ1v) is 6.38. The second-order valence-corrected chi connectivity index (χ2v) is 5.01. The molecule has 1 saturated heterocycles. The quantitative estimate of drug-likeness (QED) is 0.850. The zero-order valence-electron chi connectivity index (χ0n) is 10.7. The maximum absolute atomic E-state index is 6.26. The molecule has 0 unspecified atom stereocenters. The average molecular weight is 270 g/mol. The van der Waals surface area contributed by atoms with Gasteiger partial charge in [-0.25, -0.2) is 0 Å². The Balaban J connectivity index is 0.00000120. The van der Waals surface area contributed by atoms with E-state index in [0.29, 0.717) is 0 Å². The van der Waals surface area contributed by atoms with Crippen molar-refractivity contribution in [1.29, 1.82) is 0 Å². The number of halogens is 1. The molecule has 0 saturated carbocycles. The SMILES string of the molecule is COc1ccc2c(c1)CCC1(CCNCC1)O2.Cl. The van der Waals surface area contributed by atoms with Crippen molar-refractivity contribution in [3.63, 3.8) is 0 Å². The molecule has 1 aromatic rings. The van der Waals surface area contributed by atoms with Crippen LogP contribution in [0.25, 0.3) is 0 Å². The van der Waals surface area contributed by atoms with Crippen LogP contribution in [0.5, 0.6) is 11.5 Å². The summed E-state index contributed by atoms with van der Waals surface area (Å²) in [4.78, 5) is 0. The highest BCUT2D eigenvalue weighted by molar-refractivity contribution is 5.85. The number of hydrogen-bond acceptors (Lipinski definition) is 3. The third-order valence-electron chi connectivity index (χ3n) is 3.96. The molecule has 0 radical (unpaired) electrons. The van der Waals surface area contributed by atoms with Crippen LogP contribution in [-0.2, 0) is 6.42 Å². The molecule has 0 aromatic heterocycles. The average Bonchev–Trinajstić information content (AvgIpc) is 2.39. The Morgan fingerprint density at radius 1 is 1.22 bits per heavy atom. The van der Waals surface area contributed by atoms with Crippen LogP contribution in [0.15, 0.2) is 18.2 Å². The minimum atomic E-state index is 0. The fraction of sp³-hybridized carbons (Fsp3) is 0.571. The van der Waals surface area contributed by atoms with Crippen molar-refractivity contribution in [3.05, 3.63) is 23.8 Å². The van der Waals surface area contributed by atoms with E-state index in [1.807, 2.05) is 6.07 Å². The van der Waals surface area contributed by atoms with Gasteiger partial charge in [-0.2, -0.15) is 0 Å². The van der Waals surface area contributed by atoms with Crippen LogP contribution in [0.2, 0.25) is 0 Å². The molecule has 2 heterocycles. The van der Waals surface area contributed by atoms with Crippen LogP contribution >= 0.6 is 12.4 Å². The molecule has 3 rings (SSSR count). The molecule has 1 fully saturated rings. The van der Waals surface area contributed by atoms with Crippen LogP contribution in [0.4, 0.5) is 0 Å². The largest absolute Gasteiger partial charge is 0.497 e. The highest BCUT2D eigenvalue weighted by Gasteiger charge is 2.37. The van der Waals surface area contributed by atoms with E-state index in [9.17, 15) is 0 Å². The Morgan fingerprint density at radius 3 is 2.72 bits per heavy atom. The second-order valence-electron chi connectivity index (χ2n) is 5.01. The minimum absolute atomic E-state index is 0. The molecule has 1 spiro atoms. The van der Waals surface area contributed by atoms with Crippen molar-refractivity contribution < 1.29 is 9.47 Å². The van der Waals surface area contributed by atoms with E-state index in [-0.39, 0.29) is 18.0 Å². The van der Waals surface area contributed by atoms with Crippen molar-refractivity contribution in [1.82, 2.24) is 5.32 Å². The number of aryl methyl sites for hydroxylation is 1. The molecule has 0 bridgehead atoms. The minimum Gasteiger partial charge on any atom is -0.497 e. The van der Waals surface area contributed by atoms with E-state index in [0.717, 1.165) is 50.3 Å². The number of fused-ring (bicyclic) bond motifs is 1. The Morgan fingerprint density at radius 2 is 2.00 bits per heavy atom. The van der Waals surface area contributed by atoms with Gasteiger partial charge in [-0.1, -0.05) is 0 Å². The first-order valence-electron chi connectivity index (χ1n) is 6.38. The van der Waals surface area contributed by atoms with Gasteiger partial charge >= 0.3 is 0 Å². The highest BCUT2D eigenvalue weighted by atomic mass is 35.5. The standard InChI is InChI=1S/C14H19NO2.ClH/c1-16-12-2-3-13-11(10-12)4-5-14(17-13)6-8-15-9-7-14;/h2-3,10,15H,4-9H2,1H3;1H. The number of hydrogen-bond donors (Lipinski definition) is 1. The van der Waals surface area contributed by atoms with Crippen LogP contribution in [0.1, 0.15) is 24.8 Å². The van der Waals surface area contributed by atoms with E-state index in [1.54, 1.807) is 7.11 Å². The monoisotopic (exact) mass is 269 g/mol.